The van der Waals surface area contributed by atoms with Crippen LogP contribution in [0.2, 0.25) is 0 Å². The molecule has 1 heterocycles. The van der Waals surface area contributed by atoms with E-state index in [0.29, 0.717) is 24.3 Å². The Bertz CT molecular complexity index is 559. The van der Waals surface area contributed by atoms with E-state index in [1.165, 1.54) is 0 Å². The molecule has 0 N–H and O–H groups in total. The van der Waals surface area contributed by atoms with Crippen molar-refractivity contribution in [1.29, 1.82) is 0 Å². The maximum atomic E-state index is 12.8. The Kier molecular flexibility index (Phi) is 5.29. The first-order chi connectivity index (χ1) is 10.8. The normalized spacial score (nSPS) is 18.4. The van der Waals surface area contributed by atoms with Crippen LogP contribution in [0.1, 0.15) is 50.4 Å². The smallest absolute Gasteiger partial charge is 0.410 e. The van der Waals surface area contributed by atoms with E-state index in [2.05, 4.69) is 0 Å². The third-order valence-corrected chi connectivity index (χ3v) is 3.81. The largest absolute Gasteiger partial charge is 0.497 e. The fourth-order valence-electron chi connectivity index (χ4n) is 2.69. The second-order valence-corrected chi connectivity index (χ2v) is 6.78. The van der Waals surface area contributed by atoms with E-state index in [-0.39, 0.29) is 5.78 Å². The van der Waals surface area contributed by atoms with Crippen molar-refractivity contribution in [2.45, 2.75) is 51.7 Å². The number of hydrogen-bond donors (Lipinski definition) is 0. The summed E-state index contributed by atoms with van der Waals surface area (Å²) in [4.78, 5) is 26.8. The fourth-order valence-corrected chi connectivity index (χ4v) is 2.69. The first-order valence-electron chi connectivity index (χ1n) is 8.00. The predicted octanol–water partition coefficient (Wildman–Crippen LogP) is 3.67. The Morgan fingerprint density at radius 2 is 1.78 bits per heavy atom. The van der Waals surface area contributed by atoms with Gasteiger partial charge in [0.25, 0.3) is 0 Å². The number of methoxy groups -OCH3 is 1. The Hall–Kier alpha value is -2.04. The molecule has 0 saturated carbocycles. The predicted molar refractivity (Wildman–Crippen MR) is 87.9 cm³/mol. The topological polar surface area (TPSA) is 55.8 Å². The molecular weight excluding hydrogens is 294 g/mol. The summed E-state index contributed by atoms with van der Waals surface area (Å²) in [6.07, 6.45) is 2.09. The van der Waals surface area contributed by atoms with E-state index in [9.17, 15) is 9.59 Å². The van der Waals surface area contributed by atoms with Crippen LogP contribution in [0.4, 0.5) is 4.79 Å². The molecule has 5 nitrogen and oxygen atoms in total. The molecule has 0 aliphatic carbocycles. The van der Waals surface area contributed by atoms with E-state index in [0.717, 1.165) is 12.8 Å². The molecule has 0 radical (unpaired) electrons. The van der Waals surface area contributed by atoms with Crippen LogP contribution in [-0.4, -0.2) is 42.1 Å². The number of Topliss-reactive ketones (excluding diaryl/α,β-unsaturated/α-hetero) is 1. The summed E-state index contributed by atoms with van der Waals surface area (Å²) < 4.78 is 10.6. The third kappa shape index (κ3) is 4.47. The van der Waals surface area contributed by atoms with Gasteiger partial charge in [-0.05, 0) is 64.3 Å². The lowest BCUT2D eigenvalue weighted by molar-refractivity contribution is 0.0105. The van der Waals surface area contributed by atoms with Crippen molar-refractivity contribution in [3.8, 4) is 5.75 Å². The molecule has 1 amide bonds. The number of ether oxygens (including phenoxy) is 2. The Labute approximate surface area is 137 Å². The van der Waals surface area contributed by atoms with Gasteiger partial charge in [-0.2, -0.15) is 0 Å². The lowest BCUT2D eigenvalue weighted by atomic mass is 9.94. The number of amides is 1. The van der Waals surface area contributed by atoms with Crippen LogP contribution >= 0.6 is 0 Å². The van der Waals surface area contributed by atoms with Gasteiger partial charge in [0.05, 0.1) is 13.2 Å². The highest BCUT2D eigenvalue weighted by molar-refractivity contribution is 6.01. The summed E-state index contributed by atoms with van der Waals surface area (Å²) in [5.74, 6) is 0.660. The summed E-state index contributed by atoms with van der Waals surface area (Å²) >= 11 is 0. The minimum absolute atomic E-state index is 0.0433. The quantitative estimate of drug-likeness (QED) is 0.798. The highest BCUT2D eigenvalue weighted by Gasteiger charge is 2.35. The maximum absolute atomic E-state index is 12.8. The maximum Gasteiger partial charge on any atom is 0.410 e. The summed E-state index contributed by atoms with van der Waals surface area (Å²) in [6, 6.07) is 6.54. The van der Waals surface area contributed by atoms with Gasteiger partial charge in [-0.1, -0.05) is 0 Å². The minimum atomic E-state index is -0.567. The van der Waals surface area contributed by atoms with Gasteiger partial charge < -0.3 is 9.47 Å². The standard InChI is InChI=1S/C18H25NO4/c1-18(2,3)23-17(21)19-12-6-5-7-15(19)16(20)13-8-10-14(22-4)11-9-13/h8-11,15H,5-7,12H2,1-4H3/t15-/m1/s1. The molecule has 0 unspecified atom stereocenters. The van der Waals surface area contributed by atoms with Crippen molar-refractivity contribution in [2.24, 2.45) is 0 Å². The van der Waals surface area contributed by atoms with Crippen LogP contribution < -0.4 is 4.74 Å². The number of likely N-dealkylation sites (tertiary alicyclic amines) is 1. The van der Waals surface area contributed by atoms with Crippen LogP contribution in [0.25, 0.3) is 0 Å². The summed E-state index contributed by atoms with van der Waals surface area (Å²) in [7, 11) is 1.59. The number of hydrogen-bond acceptors (Lipinski definition) is 4. The number of ketones is 1. The number of benzene rings is 1. The first-order valence-corrected chi connectivity index (χ1v) is 8.00. The van der Waals surface area contributed by atoms with Gasteiger partial charge in [0.1, 0.15) is 11.4 Å². The number of carbonyl (C=O) groups is 2. The van der Waals surface area contributed by atoms with Crippen molar-refractivity contribution in [2.75, 3.05) is 13.7 Å². The van der Waals surface area contributed by atoms with Gasteiger partial charge in [0, 0.05) is 12.1 Å². The number of rotatable bonds is 3. The Morgan fingerprint density at radius 3 is 2.35 bits per heavy atom. The molecule has 0 aromatic heterocycles. The minimum Gasteiger partial charge on any atom is -0.497 e. The summed E-state index contributed by atoms with van der Waals surface area (Å²) in [5.41, 5.74) is 0.0219. The number of piperidine rings is 1. The Morgan fingerprint density at radius 1 is 1.13 bits per heavy atom. The van der Waals surface area contributed by atoms with E-state index in [1.807, 2.05) is 20.8 Å². The second-order valence-electron chi connectivity index (χ2n) is 6.78. The highest BCUT2D eigenvalue weighted by Crippen LogP contribution is 2.24. The molecule has 0 spiro atoms. The second kappa shape index (κ2) is 7.02. The van der Waals surface area contributed by atoms with Gasteiger partial charge in [-0.25, -0.2) is 4.79 Å². The van der Waals surface area contributed by atoms with Crippen LogP contribution in [-0.2, 0) is 4.74 Å². The van der Waals surface area contributed by atoms with Crippen LogP contribution in [0.3, 0.4) is 0 Å². The highest BCUT2D eigenvalue weighted by atomic mass is 16.6. The van der Waals surface area contributed by atoms with Crippen LogP contribution in [0.5, 0.6) is 5.75 Å². The van der Waals surface area contributed by atoms with Crippen molar-refractivity contribution in [3.05, 3.63) is 29.8 Å². The van der Waals surface area contributed by atoms with Crippen molar-refractivity contribution < 1.29 is 19.1 Å². The Balaban J connectivity index is 2.16. The van der Waals surface area contributed by atoms with E-state index in [4.69, 9.17) is 9.47 Å². The number of carbonyl (C=O) groups excluding carboxylic acids is 2. The van der Waals surface area contributed by atoms with Crippen LogP contribution in [0, 0.1) is 0 Å². The molecular formula is C18H25NO4. The van der Waals surface area contributed by atoms with E-state index in [1.54, 1.807) is 36.3 Å². The molecule has 126 valence electrons. The molecule has 1 atom stereocenters. The zero-order valence-corrected chi connectivity index (χ0v) is 14.3. The van der Waals surface area contributed by atoms with Crippen molar-refractivity contribution in [3.63, 3.8) is 0 Å². The molecule has 5 heteroatoms. The van der Waals surface area contributed by atoms with Crippen LogP contribution in [0.15, 0.2) is 24.3 Å². The molecule has 1 aliphatic heterocycles. The lowest BCUT2D eigenvalue weighted by Crippen LogP contribution is -2.49. The van der Waals surface area contributed by atoms with Gasteiger partial charge >= 0.3 is 6.09 Å². The fraction of sp³-hybridized carbons (Fsp3) is 0.556. The van der Waals surface area contributed by atoms with Gasteiger partial charge in [-0.3, -0.25) is 9.69 Å². The van der Waals surface area contributed by atoms with Gasteiger partial charge in [0.15, 0.2) is 5.78 Å². The molecule has 1 saturated heterocycles. The third-order valence-electron chi connectivity index (χ3n) is 3.81. The molecule has 1 fully saturated rings. The van der Waals surface area contributed by atoms with E-state index < -0.39 is 17.7 Å². The van der Waals surface area contributed by atoms with Gasteiger partial charge in [0.2, 0.25) is 0 Å². The lowest BCUT2D eigenvalue weighted by Gasteiger charge is -2.35. The van der Waals surface area contributed by atoms with Crippen molar-refractivity contribution in [1.82, 2.24) is 4.90 Å². The first kappa shape index (κ1) is 17.3. The molecule has 1 aromatic rings. The van der Waals surface area contributed by atoms with Crippen molar-refractivity contribution >= 4 is 11.9 Å². The zero-order valence-electron chi connectivity index (χ0n) is 14.3. The zero-order chi connectivity index (χ0) is 17.0. The molecule has 1 aliphatic rings. The average molecular weight is 319 g/mol. The molecule has 1 aromatic carbocycles. The molecule has 0 bridgehead atoms. The van der Waals surface area contributed by atoms with Gasteiger partial charge in [-0.15, -0.1) is 0 Å². The number of nitrogens with zero attached hydrogens (tertiary/aromatic N) is 1. The summed E-state index contributed by atoms with van der Waals surface area (Å²) in [5, 5.41) is 0. The molecule has 23 heavy (non-hydrogen) atoms. The van der Waals surface area contributed by atoms with E-state index >= 15 is 0 Å². The average Bonchev–Trinajstić information content (AvgIpc) is 2.52. The summed E-state index contributed by atoms with van der Waals surface area (Å²) in [6.45, 7) is 6.04. The monoisotopic (exact) mass is 319 g/mol. The SMILES string of the molecule is COc1ccc(C(=O)[C@H]2CCCCN2C(=O)OC(C)(C)C)cc1. The molecule has 2 rings (SSSR count).